The Kier molecular flexibility index (Phi) is 6.02. The van der Waals surface area contributed by atoms with Gasteiger partial charge in [-0.25, -0.2) is 0 Å². The number of halogens is 3. The average Bonchev–Trinajstić information content (AvgIpc) is 3.19. The number of thioether (sulfide) groups is 1. The number of alkyl halides is 3. The van der Waals surface area contributed by atoms with Crippen LogP contribution in [0, 0.1) is 0 Å². The van der Waals surface area contributed by atoms with E-state index in [-0.39, 0.29) is 22.1 Å². The molecule has 0 aliphatic carbocycles. The van der Waals surface area contributed by atoms with E-state index in [1.807, 2.05) is 0 Å². The lowest BCUT2D eigenvalue weighted by Gasteiger charge is -2.17. The molecular weight excluding hydrogens is 475 g/mol. The summed E-state index contributed by atoms with van der Waals surface area (Å²) in [5.41, 5.74) is 0.136. The highest BCUT2D eigenvalue weighted by molar-refractivity contribution is 8.26. The molecule has 2 aliphatic heterocycles. The van der Waals surface area contributed by atoms with E-state index in [1.54, 1.807) is 31.2 Å². The van der Waals surface area contributed by atoms with E-state index in [4.69, 9.17) is 12.2 Å². The smallest absolute Gasteiger partial charge is 0.325 e. The summed E-state index contributed by atoms with van der Waals surface area (Å²) in [7, 11) is 0. The number of hydrogen-bond acceptors (Lipinski definition) is 5. The van der Waals surface area contributed by atoms with Crippen molar-refractivity contribution in [3.63, 3.8) is 0 Å². The quantitative estimate of drug-likeness (QED) is 0.511. The highest BCUT2D eigenvalue weighted by Crippen LogP contribution is 2.44. The molecule has 0 radical (unpaired) electrons. The Hall–Kier alpha value is -3.18. The summed E-state index contributed by atoms with van der Waals surface area (Å²) in [6, 6.07) is 10.9. The minimum absolute atomic E-state index is 0.0428. The summed E-state index contributed by atoms with van der Waals surface area (Å²) >= 11 is 6.27. The molecule has 0 spiro atoms. The molecule has 1 saturated heterocycles. The number of nitrogens with zero attached hydrogens (tertiary/aromatic N) is 2. The van der Waals surface area contributed by atoms with Gasteiger partial charge in [0, 0.05) is 17.8 Å². The van der Waals surface area contributed by atoms with Crippen molar-refractivity contribution in [3.05, 3.63) is 64.6 Å². The van der Waals surface area contributed by atoms with Crippen LogP contribution in [0.2, 0.25) is 0 Å². The summed E-state index contributed by atoms with van der Waals surface area (Å²) in [6.07, 6.45) is -4.55. The molecule has 2 heterocycles. The molecule has 6 nitrogen and oxygen atoms in total. The average molecular weight is 492 g/mol. The molecule has 170 valence electrons. The van der Waals surface area contributed by atoms with Crippen LogP contribution < -0.4 is 10.2 Å². The molecule has 0 bridgehead atoms. The summed E-state index contributed by atoms with van der Waals surface area (Å²) in [6.45, 7) is 1.69. The maximum Gasteiger partial charge on any atom is 0.416 e. The Labute approximate surface area is 196 Å². The molecule has 33 heavy (non-hydrogen) atoms. The molecule has 2 aromatic carbocycles. The topological polar surface area (TPSA) is 69.7 Å². The predicted octanol–water partition coefficient (Wildman–Crippen LogP) is 4.28. The minimum atomic E-state index is -4.55. The number of benzene rings is 2. The SMILES string of the molecule is CCN1C(=O)/C(=C2\C(=O)N(CC(=O)Nc3cccc(C(F)(F)F)c3)c3ccccc32)SC1=S. The number of fused-ring (bicyclic) bond motifs is 1. The normalized spacial score (nSPS) is 18.2. The van der Waals surface area contributed by atoms with Gasteiger partial charge in [0.15, 0.2) is 0 Å². The van der Waals surface area contributed by atoms with Gasteiger partial charge in [0.05, 0.1) is 21.7 Å². The van der Waals surface area contributed by atoms with Crippen molar-refractivity contribution in [1.29, 1.82) is 0 Å². The Balaban J connectivity index is 1.62. The highest BCUT2D eigenvalue weighted by Gasteiger charge is 2.42. The van der Waals surface area contributed by atoms with Crippen LogP contribution >= 0.6 is 24.0 Å². The molecule has 0 aromatic heterocycles. The molecule has 0 atom stereocenters. The van der Waals surface area contributed by atoms with Gasteiger partial charge >= 0.3 is 6.18 Å². The Morgan fingerprint density at radius 3 is 2.45 bits per heavy atom. The van der Waals surface area contributed by atoms with Crippen LogP contribution in [0.4, 0.5) is 24.5 Å². The fourth-order valence-electron chi connectivity index (χ4n) is 3.60. The second-order valence-electron chi connectivity index (χ2n) is 7.16. The fraction of sp³-hybridized carbons (Fsp3) is 0.182. The molecule has 2 aliphatic rings. The Morgan fingerprint density at radius 1 is 1.06 bits per heavy atom. The first-order chi connectivity index (χ1) is 15.6. The summed E-state index contributed by atoms with van der Waals surface area (Å²) < 4.78 is 39.2. The lowest BCUT2D eigenvalue weighted by Crippen LogP contribution is -2.35. The standard InChI is InChI=1S/C22H16F3N3O3S2/c1-2-27-20(31)18(33-21(27)32)17-14-8-3-4-9-15(14)28(19(17)30)11-16(29)26-13-7-5-6-12(10-13)22(23,24)25/h3-10H,2,11H2,1H3,(H,26,29)/b18-17+. The largest absolute Gasteiger partial charge is 0.416 e. The Bertz CT molecular complexity index is 1230. The first-order valence-corrected chi connectivity index (χ1v) is 11.0. The van der Waals surface area contributed by atoms with E-state index >= 15 is 0 Å². The molecule has 1 N–H and O–H groups in total. The van der Waals surface area contributed by atoms with Crippen LogP contribution in [0.3, 0.4) is 0 Å². The van der Waals surface area contributed by atoms with Gasteiger partial charge < -0.3 is 5.32 Å². The van der Waals surface area contributed by atoms with E-state index in [0.29, 0.717) is 22.1 Å². The molecule has 3 amide bonds. The van der Waals surface area contributed by atoms with Crippen molar-refractivity contribution < 1.29 is 27.6 Å². The van der Waals surface area contributed by atoms with Crippen LogP contribution in [0.15, 0.2) is 53.4 Å². The van der Waals surface area contributed by atoms with Gasteiger partial charge in [-0.1, -0.05) is 48.2 Å². The zero-order chi connectivity index (χ0) is 23.9. The van der Waals surface area contributed by atoms with Crippen LogP contribution in [0.25, 0.3) is 5.57 Å². The van der Waals surface area contributed by atoms with E-state index < -0.39 is 30.1 Å². The zero-order valence-electron chi connectivity index (χ0n) is 17.1. The van der Waals surface area contributed by atoms with E-state index in [0.717, 1.165) is 23.9 Å². The maximum atomic E-state index is 13.3. The van der Waals surface area contributed by atoms with Crippen LogP contribution in [-0.2, 0) is 20.6 Å². The number of amides is 3. The van der Waals surface area contributed by atoms with Gasteiger partial charge in [-0.15, -0.1) is 0 Å². The molecule has 2 aromatic rings. The van der Waals surface area contributed by atoms with E-state index in [2.05, 4.69) is 5.32 Å². The number of nitrogens with one attached hydrogen (secondary N) is 1. The third-order valence-electron chi connectivity index (χ3n) is 5.09. The monoisotopic (exact) mass is 491 g/mol. The lowest BCUT2D eigenvalue weighted by atomic mass is 10.1. The van der Waals surface area contributed by atoms with Crippen molar-refractivity contribution in [3.8, 4) is 0 Å². The van der Waals surface area contributed by atoms with Gasteiger partial charge in [-0.3, -0.25) is 24.2 Å². The predicted molar refractivity (Wildman–Crippen MR) is 123 cm³/mol. The number of anilines is 2. The van der Waals surface area contributed by atoms with Gasteiger partial charge in [-0.2, -0.15) is 13.2 Å². The minimum Gasteiger partial charge on any atom is -0.325 e. The van der Waals surface area contributed by atoms with Crippen molar-refractivity contribution in [2.45, 2.75) is 13.1 Å². The van der Waals surface area contributed by atoms with Gasteiger partial charge in [0.2, 0.25) is 5.91 Å². The Morgan fingerprint density at radius 2 is 1.79 bits per heavy atom. The second-order valence-corrected chi connectivity index (χ2v) is 8.80. The van der Waals surface area contributed by atoms with Gasteiger partial charge in [0.1, 0.15) is 10.9 Å². The van der Waals surface area contributed by atoms with Crippen molar-refractivity contribution >= 4 is 63.0 Å². The number of carbonyl (C=O) groups excluding carboxylic acids is 3. The summed E-state index contributed by atoms with van der Waals surface area (Å²) in [5.74, 6) is -1.60. The molecule has 0 saturated carbocycles. The molecular formula is C22H16F3N3O3S2. The second kappa shape index (κ2) is 8.64. The first kappa shape index (κ1) is 23.0. The van der Waals surface area contributed by atoms with Gasteiger partial charge in [0.25, 0.3) is 11.8 Å². The van der Waals surface area contributed by atoms with Crippen molar-refractivity contribution in [2.24, 2.45) is 0 Å². The zero-order valence-corrected chi connectivity index (χ0v) is 18.7. The highest BCUT2D eigenvalue weighted by atomic mass is 32.2. The molecule has 4 rings (SSSR count). The van der Waals surface area contributed by atoms with E-state index in [9.17, 15) is 27.6 Å². The van der Waals surface area contributed by atoms with Crippen LogP contribution in [0.1, 0.15) is 18.1 Å². The number of likely N-dealkylation sites (N-methyl/N-ethyl adjacent to an activating group) is 1. The molecule has 0 unspecified atom stereocenters. The third kappa shape index (κ3) is 4.25. The first-order valence-electron chi connectivity index (χ1n) is 9.78. The number of hydrogen-bond donors (Lipinski definition) is 1. The van der Waals surface area contributed by atoms with Gasteiger partial charge in [-0.05, 0) is 31.2 Å². The van der Waals surface area contributed by atoms with Crippen LogP contribution in [-0.4, -0.2) is 40.0 Å². The third-order valence-corrected chi connectivity index (χ3v) is 6.54. The molecule has 1 fully saturated rings. The van der Waals surface area contributed by atoms with Crippen LogP contribution in [0.5, 0.6) is 0 Å². The van der Waals surface area contributed by atoms with Crippen molar-refractivity contribution in [1.82, 2.24) is 4.90 Å². The lowest BCUT2D eigenvalue weighted by molar-refractivity contribution is -0.137. The summed E-state index contributed by atoms with van der Waals surface area (Å²) in [5, 5.41) is 2.40. The summed E-state index contributed by atoms with van der Waals surface area (Å²) in [4.78, 5) is 41.5. The number of thiocarbonyl (C=S) groups is 1. The number of para-hydroxylation sites is 1. The number of carbonyl (C=O) groups is 3. The number of rotatable bonds is 4. The maximum absolute atomic E-state index is 13.3. The molecule has 11 heteroatoms. The van der Waals surface area contributed by atoms with Crippen molar-refractivity contribution in [2.75, 3.05) is 23.3 Å². The van der Waals surface area contributed by atoms with E-state index in [1.165, 1.54) is 21.9 Å². The fourth-order valence-corrected chi connectivity index (χ4v) is 5.05.